The van der Waals surface area contributed by atoms with Gasteiger partial charge < -0.3 is 10.4 Å². The van der Waals surface area contributed by atoms with Crippen molar-refractivity contribution in [2.24, 2.45) is 0 Å². The van der Waals surface area contributed by atoms with Crippen LogP contribution in [0.5, 0.6) is 0 Å². The van der Waals surface area contributed by atoms with Crippen LogP contribution in [-0.2, 0) is 0 Å². The number of hydrogen-bond donors (Lipinski definition) is 2. The Morgan fingerprint density at radius 2 is 1.56 bits per heavy atom. The van der Waals surface area contributed by atoms with Crippen LogP contribution in [0.25, 0.3) is 0 Å². The zero-order valence-corrected chi connectivity index (χ0v) is 9.61. The Bertz CT molecular complexity index is 496. The highest BCUT2D eigenvalue weighted by molar-refractivity contribution is 5.46. The summed E-state index contributed by atoms with van der Waals surface area (Å²) in [7, 11) is 0. The highest BCUT2D eigenvalue weighted by Crippen LogP contribution is 2.20. The molecule has 2 aromatic rings. The van der Waals surface area contributed by atoms with E-state index in [2.05, 4.69) is 5.32 Å². The van der Waals surface area contributed by atoms with E-state index in [0.29, 0.717) is 5.56 Å². The summed E-state index contributed by atoms with van der Waals surface area (Å²) in [6, 6.07) is 12.6. The summed E-state index contributed by atoms with van der Waals surface area (Å²) in [6.45, 7) is 0.0435. The summed E-state index contributed by atoms with van der Waals surface area (Å²) in [5.74, 6) is -1.34. The van der Waals surface area contributed by atoms with Gasteiger partial charge in [0.05, 0.1) is 6.10 Å². The summed E-state index contributed by atoms with van der Waals surface area (Å²) >= 11 is 0. The van der Waals surface area contributed by atoms with Crippen molar-refractivity contribution in [3.05, 3.63) is 65.7 Å². The predicted molar refractivity (Wildman–Crippen MR) is 66.2 cm³/mol. The van der Waals surface area contributed by atoms with Crippen molar-refractivity contribution in [2.45, 2.75) is 6.10 Å². The molecule has 1 unspecified atom stereocenters. The number of nitrogens with one attached hydrogen (secondary N) is 1. The molecule has 0 aromatic heterocycles. The molecule has 0 bridgehead atoms. The van der Waals surface area contributed by atoms with Crippen LogP contribution >= 0.6 is 0 Å². The lowest BCUT2D eigenvalue weighted by Gasteiger charge is -2.14. The Morgan fingerprint density at radius 3 is 2.17 bits per heavy atom. The van der Waals surface area contributed by atoms with E-state index in [1.807, 2.05) is 6.07 Å². The van der Waals surface area contributed by atoms with Gasteiger partial charge in [0.25, 0.3) is 0 Å². The van der Waals surface area contributed by atoms with E-state index >= 15 is 0 Å². The lowest BCUT2D eigenvalue weighted by Crippen LogP contribution is -2.13. The highest BCUT2D eigenvalue weighted by Gasteiger charge is 2.11. The largest absolute Gasteiger partial charge is 0.387 e. The molecule has 2 nitrogen and oxygen atoms in total. The van der Waals surface area contributed by atoms with Gasteiger partial charge in [-0.25, -0.2) is 8.78 Å². The molecule has 0 saturated carbocycles. The molecule has 0 saturated heterocycles. The lowest BCUT2D eigenvalue weighted by molar-refractivity contribution is 0.191. The van der Waals surface area contributed by atoms with E-state index in [1.54, 1.807) is 24.3 Å². The van der Waals surface area contributed by atoms with E-state index in [1.165, 1.54) is 18.2 Å². The van der Waals surface area contributed by atoms with Crippen LogP contribution in [0.1, 0.15) is 11.7 Å². The van der Waals surface area contributed by atoms with Gasteiger partial charge in [-0.05, 0) is 17.7 Å². The molecule has 2 aromatic carbocycles. The SMILES string of the molecule is OC(CNc1c(F)cccc1F)c1ccccc1. The molecule has 0 fully saturated rings. The minimum atomic E-state index is -0.815. The fourth-order valence-electron chi connectivity index (χ4n) is 1.66. The first-order valence-corrected chi connectivity index (χ1v) is 5.59. The molecule has 4 heteroatoms. The third-order valence-electron chi connectivity index (χ3n) is 2.62. The fraction of sp³-hybridized carbons (Fsp3) is 0.143. The number of para-hydroxylation sites is 1. The molecular weight excluding hydrogens is 236 g/mol. The number of halogens is 2. The summed E-state index contributed by atoms with van der Waals surface area (Å²) in [4.78, 5) is 0. The topological polar surface area (TPSA) is 32.3 Å². The van der Waals surface area contributed by atoms with E-state index in [9.17, 15) is 13.9 Å². The van der Waals surface area contributed by atoms with E-state index in [-0.39, 0.29) is 12.2 Å². The second-order valence-electron chi connectivity index (χ2n) is 3.90. The first kappa shape index (κ1) is 12.5. The second kappa shape index (κ2) is 5.60. The maximum absolute atomic E-state index is 13.3. The van der Waals surface area contributed by atoms with Gasteiger partial charge in [0.1, 0.15) is 17.3 Å². The summed E-state index contributed by atoms with van der Waals surface area (Å²) in [6.07, 6.45) is -0.815. The van der Waals surface area contributed by atoms with Gasteiger partial charge in [-0.3, -0.25) is 0 Å². The molecule has 2 rings (SSSR count). The van der Waals surface area contributed by atoms with Gasteiger partial charge in [-0.15, -0.1) is 0 Å². The van der Waals surface area contributed by atoms with Crippen molar-refractivity contribution in [2.75, 3.05) is 11.9 Å². The van der Waals surface area contributed by atoms with Crippen LogP contribution in [0.15, 0.2) is 48.5 Å². The summed E-state index contributed by atoms with van der Waals surface area (Å²) in [5, 5.41) is 12.4. The number of benzene rings is 2. The Balaban J connectivity index is 2.04. The molecule has 0 radical (unpaired) electrons. The van der Waals surface area contributed by atoms with Crippen LogP contribution in [-0.4, -0.2) is 11.7 Å². The van der Waals surface area contributed by atoms with Crippen molar-refractivity contribution >= 4 is 5.69 Å². The van der Waals surface area contributed by atoms with Gasteiger partial charge in [0, 0.05) is 6.54 Å². The molecule has 18 heavy (non-hydrogen) atoms. The van der Waals surface area contributed by atoms with Crippen LogP contribution in [0.2, 0.25) is 0 Å². The minimum absolute atomic E-state index is 0.0435. The van der Waals surface area contributed by atoms with E-state index < -0.39 is 17.7 Å². The molecule has 0 spiro atoms. The van der Waals surface area contributed by atoms with Gasteiger partial charge >= 0.3 is 0 Å². The van der Waals surface area contributed by atoms with Crippen molar-refractivity contribution < 1.29 is 13.9 Å². The normalized spacial score (nSPS) is 12.2. The Labute approximate surface area is 104 Å². The van der Waals surface area contributed by atoms with Crippen molar-refractivity contribution in [1.82, 2.24) is 0 Å². The van der Waals surface area contributed by atoms with Crippen LogP contribution in [0.4, 0.5) is 14.5 Å². The Kier molecular flexibility index (Phi) is 3.89. The monoisotopic (exact) mass is 249 g/mol. The number of aliphatic hydroxyl groups is 1. The van der Waals surface area contributed by atoms with Gasteiger partial charge in [-0.2, -0.15) is 0 Å². The third-order valence-corrected chi connectivity index (χ3v) is 2.62. The molecule has 0 amide bonds. The number of aliphatic hydroxyl groups excluding tert-OH is 1. The Morgan fingerprint density at radius 1 is 0.944 bits per heavy atom. The number of anilines is 1. The number of rotatable bonds is 4. The van der Waals surface area contributed by atoms with E-state index in [4.69, 9.17) is 0 Å². The molecule has 0 aliphatic heterocycles. The van der Waals surface area contributed by atoms with Crippen LogP contribution in [0, 0.1) is 11.6 Å². The molecule has 1 atom stereocenters. The third kappa shape index (κ3) is 2.84. The first-order chi connectivity index (χ1) is 8.68. The van der Waals surface area contributed by atoms with Crippen LogP contribution < -0.4 is 5.32 Å². The fourth-order valence-corrected chi connectivity index (χ4v) is 1.66. The molecule has 0 aliphatic rings. The minimum Gasteiger partial charge on any atom is -0.387 e. The molecule has 0 aliphatic carbocycles. The highest BCUT2D eigenvalue weighted by atomic mass is 19.1. The smallest absolute Gasteiger partial charge is 0.149 e. The zero-order chi connectivity index (χ0) is 13.0. The zero-order valence-electron chi connectivity index (χ0n) is 9.61. The Hall–Kier alpha value is -1.94. The first-order valence-electron chi connectivity index (χ1n) is 5.59. The van der Waals surface area contributed by atoms with Gasteiger partial charge in [0.2, 0.25) is 0 Å². The molecular formula is C14H13F2NO. The standard InChI is InChI=1S/C14H13F2NO/c15-11-7-4-8-12(16)14(11)17-9-13(18)10-5-2-1-3-6-10/h1-8,13,17-18H,9H2. The molecule has 0 heterocycles. The summed E-state index contributed by atoms with van der Waals surface area (Å²) < 4.78 is 26.6. The van der Waals surface area contributed by atoms with Crippen LogP contribution in [0.3, 0.4) is 0 Å². The second-order valence-corrected chi connectivity index (χ2v) is 3.90. The van der Waals surface area contributed by atoms with Crippen molar-refractivity contribution in [1.29, 1.82) is 0 Å². The van der Waals surface area contributed by atoms with Gasteiger partial charge in [-0.1, -0.05) is 36.4 Å². The quantitative estimate of drug-likeness (QED) is 0.872. The van der Waals surface area contributed by atoms with Crippen molar-refractivity contribution in [3.8, 4) is 0 Å². The molecule has 94 valence electrons. The predicted octanol–water partition coefficient (Wildman–Crippen LogP) is 3.11. The average Bonchev–Trinajstić information content (AvgIpc) is 2.39. The number of hydrogen-bond acceptors (Lipinski definition) is 2. The van der Waals surface area contributed by atoms with Gasteiger partial charge in [0.15, 0.2) is 0 Å². The lowest BCUT2D eigenvalue weighted by atomic mass is 10.1. The average molecular weight is 249 g/mol. The van der Waals surface area contributed by atoms with E-state index in [0.717, 1.165) is 0 Å². The maximum Gasteiger partial charge on any atom is 0.149 e. The van der Waals surface area contributed by atoms with Crippen molar-refractivity contribution in [3.63, 3.8) is 0 Å². The molecule has 2 N–H and O–H groups in total. The maximum atomic E-state index is 13.3. The summed E-state index contributed by atoms with van der Waals surface area (Å²) in [5.41, 5.74) is 0.481.